The standard InChI is InChI=1S/C13H24N2O2/c1-4-5-7-11(2)13(17)15-12(3)8-6-9-14-10-16/h11-12H,4-9H2,1-3H3,(H,15,17). The van der Waals surface area contributed by atoms with E-state index in [1.54, 1.807) is 0 Å². The number of amides is 1. The van der Waals surface area contributed by atoms with Crippen LogP contribution in [0.4, 0.5) is 0 Å². The lowest BCUT2D eigenvalue weighted by atomic mass is 10.0. The van der Waals surface area contributed by atoms with Crippen molar-refractivity contribution in [2.24, 2.45) is 10.9 Å². The monoisotopic (exact) mass is 240 g/mol. The molecule has 0 aromatic carbocycles. The van der Waals surface area contributed by atoms with E-state index in [4.69, 9.17) is 0 Å². The van der Waals surface area contributed by atoms with Crippen molar-refractivity contribution in [1.29, 1.82) is 0 Å². The molecule has 0 aliphatic carbocycles. The molecular weight excluding hydrogens is 216 g/mol. The second kappa shape index (κ2) is 10.0. The van der Waals surface area contributed by atoms with Crippen LogP contribution in [-0.4, -0.2) is 24.6 Å². The van der Waals surface area contributed by atoms with E-state index in [9.17, 15) is 9.59 Å². The van der Waals surface area contributed by atoms with Gasteiger partial charge in [-0.2, -0.15) is 0 Å². The third-order valence-electron chi connectivity index (χ3n) is 2.80. The minimum atomic E-state index is 0.0883. The van der Waals surface area contributed by atoms with Crippen molar-refractivity contribution in [3.05, 3.63) is 0 Å². The molecule has 1 amide bonds. The van der Waals surface area contributed by atoms with Gasteiger partial charge in [-0.3, -0.25) is 4.79 Å². The molecule has 2 atom stereocenters. The molecule has 0 aliphatic rings. The summed E-state index contributed by atoms with van der Waals surface area (Å²) in [6.45, 7) is 6.57. The Bertz CT molecular complexity index is 260. The molecule has 0 saturated heterocycles. The topological polar surface area (TPSA) is 58.5 Å². The quantitative estimate of drug-likeness (QED) is 0.382. The molecule has 0 fully saturated rings. The number of aliphatic imine (C=N–C) groups is 1. The van der Waals surface area contributed by atoms with E-state index < -0.39 is 0 Å². The van der Waals surface area contributed by atoms with Crippen LogP contribution in [-0.2, 0) is 9.59 Å². The number of rotatable bonds is 9. The van der Waals surface area contributed by atoms with Crippen LogP contribution in [0.5, 0.6) is 0 Å². The van der Waals surface area contributed by atoms with Crippen LogP contribution < -0.4 is 5.32 Å². The fourth-order valence-corrected chi connectivity index (χ4v) is 1.62. The van der Waals surface area contributed by atoms with Crippen LogP contribution >= 0.6 is 0 Å². The second-order valence-corrected chi connectivity index (χ2v) is 4.57. The van der Waals surface area contributed by atoms with Crippen molar-refractivity contribution >= 4 is 12.0 Å². The lowest BCUT2D eigenvalue weighted by molar-refractivity contribution is -0.125. The number of carbonyl (C=O) groups excluding carboxylic acids is 2. The number of isocyanates is 1. The number of hydrogen-bond acceptors (Lipinski definition) is 3. The van der Waals surface area contributed by atoms with Crippen molar-refractivity contribution in [2.45, 2.75) is 58.9 Å². The zero-order valence-corrected chi connectivity index (χ0v) is 11.2. The van der Waals surface area contributed by atoms with Crippen molar-refractivity contribution in [1.82, 2.24) is 5.32 Å². The van der Waals surface area contributed by atoms with E-state index in [0.29, 0.717) is 6.54 Å². The van der Waals surface area contributed by atoms with Crippen molar-refractivity contribution in [3.8, 4) is 0 Å². The van der Waals surface area contributed by atoms with Crippen LogP contribution in [0.25, 0.3) is 0 Å². The summed E-state index contributed by atoms with van der Waals surface area (Å²) >= 11 is 0. The maximum Gasteiger partial charge on any atom is 0.234 e. The zero-order valence-electron chi connectivity index (χ0n) is 11.2. The number of hydrogen-bond donors (Lipinski definition) is 1. The van der Waals surface area contributed by atoms with E-state index in [1.807, 2.05) is 13.8 Å². The normalized spacial score (nSPS) is 13.6. The summed E-state index contributed by atoms with van der Waals surface area (Å²) in [4.78, 5) is 25.1. The molecule has 2 unspecified atom stereocenters. The van der Waals surface area contributed by atoms with Crippen LogP contribution in [0, 0.1) is 5.92 Å². The third kappa shape index (κ3) is 8.64. The van der Waals surface area contributed by atoms with Crippen molar-refractivity contribution in [3.63, 3.8) is 0 Å². The van der Waals surface area contributed by atoms with Crippen molar-refractivity contribution < 1.29 is 9.59 Å². The second-order valence-electron chi connectivity index (χ2n) is 4.57. The van der Waals surface area contributed by atoms with Crippen LogP contribution in [0.2, 0.25) is 0 Å². The number of nitrogens with one attached hydrogen (secondary N) is 1. The number of carbonyl (C=O) groups is 1. The Kier molecular flexibility index (Phi) is 9.35. The number of nitrogens with zero attached hydrogens (tertiary/aromatic N) is 1. The van der Waals surface area contributed by atoms with Crippen LogP contribution in [0.15, 0.2) is 4.99 Å². The Morgan fingerprint density at radius 1 is 1.29 bits per heavy atom. The van der Waals surface area contributed by atoms with E-state index in [0.717, 1.165) is 32.1 Å². The molecule has 0 saturated carbocycles. The highest BCUT2D eigenvalue weighted by atomic mass is 16.1. The molecule has 17 heavy (non-hydrogen) atoms. The molecule has 0 aromatic rings. The first-order chi connectivity index (χ1) is 8.11. The zero-order chi connectivity index (χ0) is 13.1. The molecule has 0 aliphatic heterocycles. The average molecular weight is 240 g/mol. The highest BCUT2D eigenvalue weighted by Crippen LogP contribution is 2.08. The fourth-order valence-electron chi connectivity index (χ4n) is 1.62. The largest absolute Gasteiger partial charge is 0.353 e. The van der Waals surface area contributed by atoms with Gasteiger partial charge in [0.25, 0.3) is 0 Å². The van der Waals surface area contributed by atoms with E-state index in [-0.39, 0.29) is 17.9 Å². The first-order valence-electron chi connectivity index (χ1n) is 6.45. The Hall–Kier alpha value is -1.15. The van der Waals surface area contributed by atoms with Gasteiger partial charge in [0.15, 0.2) is 0 Å². The Morgan fingerprint density at radius 3 is 2.59 bits per heavy atom. The van der Waals surface area contributed by atoms with Crippen LogP contribution in [0.1, 0.15) is 52.9 Å². The summed E-state index contributed by atoms with van der Waals surface area (Å²) in [5, 5.41) is 2.99. The molecular formula is C13H24N2O2. The summed E-state index contributed by atoms with van der Waals surface area (Å²) in [5.41, 5.74) is 0. The van der Waals surface area contributed by atoms with Gasteiger partial charge in [0.05, 0.1) is 6.54 Å². The molecule has 98 valence electrons. The van der Waals surface area contributed by atoms with E-state index in [2.05, 4.69) is 17.2 Å². The third-order valence-corrected chi connectivity index (χ3v) is 2.80. The Labute approximate surface area is 104 Å². The highest BCUT2D eigenvalue weighted by molar-refractivity contribution is 5.78. The average Bonchev–Trinajstić information content (AvgIpc) is 2.31. The van der Waals surface area contributed by atoms with Gasteiger partial charge in [-0.25, -0.2) is 9.79 Å². The summed E-state index contributed by atoms with van der Waals surface area (Å²) in [7, 11) is 0. The van der Waals surface area contributed by atoms with E-state index in [1.165, 1.54) is 6.08 Å². The fraction of sp³-hybridized carbons (Fsp3) is 0.846. The van der Waals surface area contributed by atoms with Crippen molar-refractivity contribution in [2.75, 3.05) is 6.54 Å². The van der Waals surface area contributed by atoms with Gasteiger partial charge >= 0.3 is 0 Å². The molecule has 0 heterocycles. The summed E-state index contributed by atoms with van der Waals surface area (Å²) in [5.74, 6) is 0.218. The molecule has 4 heteroatoms. The molecule has 0 spiro atoms. The van der Waals surface area contributed by atoms with Gasteiger partial charge in [0.1, 0.15) is 0 Å². The van der Waals surface area contributed by atoms with Gasteiger partial charge in [0.2, 0.25) is 12.0 Å². The maximum atomic E-state index is 11.8. The lowest BCUT2D eigenvalue weighted by Crippen LogP contribution is -2.36. The Morgan fingerprint density at radius 2 is 2.00 bits per heavy atom. The van der Waals surface area contributed by atoms with Gasteiger partial charge in [-0.05, 0) is 26.2 Å². The summed E-state index contributed by atoms with van der Waals surface area (Å²) in [6.07, 6.45) is 6.33. The van der Waals surface area contributed by atoms with E-state index >= 15 is 0 Å². The molecule has 4 nitrogen and oxygen atoms in total. The maximum absolute atomic E-state index is 11.8. The van der Waals surface area contributed by atoms with Gasteiger partial charge in [-0.1, -0.05) is 26.7 Å². The summed E-state index contributed by atoms with van der Waals surface area (Å²) < 4.78 is 0. The minimum absolute atomic E-state index is 0.0883. The number of unbranched alkanes of at least 4 members (excludes halogenated alkanes) is 1. The highest BCUT2D eigenvalue weighted by Gasteiger charge is 2.14. The summed E-state index contributed by atoms with van der Waals surface area (Å²) in [6, 6.07) is 0.147. The molecule has 0 aromatic heterocycles. The molecule has 0 radical (unpaired) electrons. The minimum Gasteiger partial charge on any atom is -0.353 e. The van der Waals surface area contributed by atoms with Gasteiger partial charge in [-0.15, -0.1) is 0 Å². The Balaban J connectivity index is 3.74. The molecule has 1 N–H and O–H groups in total. The predicted octanol–water partition coefficient (Wildman–Crippen LogP) is 2.43. The van der Waals surface area contributed by atoms with Crippen LogP contribution in [0.3, 0.4) is 0 Å². The predicted molar refractivity (Wildman–Crippen MR) is 68.5 cm³/mol. The van der Waals surface area contributed by atoms with Gasteiger partial charge < -0.3 is 5.32 Å². The first kappa shape index (κ1) is 15.9. The van der Waals surface area contributed by atoms with Gasteiger partial charge in [0, 0.05) is 12.0 Å². The molecule has 0 rings (SSSR count). The molecule has 0 bridgehead atoms. The lowest BCUT2D eigenvalue weighted by Gasteiger charge is -2.17. The smallest absolute Gasteiger partial charge is 0.234 e. The SMILES string of the molecule is CCCCC(C)C(=O)NC(C)CCCN=C=O. The first-order valence-corrected chi connectivity index (χ1v) is 6.45.